The van der Waals surface area contributed by atoms with Gasteiger partial charge in [-0.2, -0.15) is 0 Å². The van der Waals surface area contributed by atoms with Crippen molar-refractivity contribution in [1.29, 1.82) is 0 Å². The van der Waals surface area contributed by atoms with Crippen molar-refractivity contribution in [2.75, 3.05) is 30.5 Å². The Kier molecular flexibility index (Phi) is 10.3. The summed E-state index contributed by atoms with van der Waals surface area (Å²) in [5.41, 5.74) is 1.88. The van der Waals surface area contributed by atoms with Crippen LogP contribution < -0.4 is 20.1 Å². The lowest BCUT2D eigenvalue weighted by Crippen LogP contribution is -2.52. The normalized spacial score (nSPS) is 23.8. The summed E-state index contributed by atoms with van der Waals surface area (Å²) in [5, 5.41) is 14.7. The molecular weight excluding hydrogens is 706 g/mol. The van der Waals surface area contributed by atoms with Crippen LogP contribution in [0, 0.1) is 5.92 Å². The Hall–Kier alpha value is -4.48. The molecule has 11 heteroatoms. The van der Waals surface area contributed by atoms with Crippen molar-refractivity contribution in [2.45, 2.75) is 69.1 Å². The minimum absolute atomic E-state index is 0.0664. The summed E-state index contributed by atoms with van der Waals surface area (Å²) < 4.78 is 12.6. The fourth-order valence-electron chi connectivity index (χ4n) is 9.01. The molecule has 2 saturated heterocycles. The molecule has 1 spiro atoms. The third-order valence-corrected chi connectivity index (χ3v) is 16.2. The van der Waals surface area contributed by atoms with Crippen molar-refractivity contribution in [3.8, 4) is 5.75 Å². The van der Waals surface area contributed by atoms with Gasteiger partial charge in [0.05, 0.1) is 52.6 Å². The van der Waals surface area contributed by atoms with E-state index in [0.717, 1.165) is 24.2 Å². The molecule has 53 heavy (non-hydrogen) atoms. The lowest BCUT2D eigenvalue weighted by atomic mass is 9.82. The monoisotopic (exact) mass is 751 g/mol. The van der Waals surface area contributed by atoms with E-state index in [2.05, 4.69) is 37.5 Å². The number of nitrogens with one attached hydrogen (secondary N) is 1. The summed E-state index contributed by atoms with van der Waals surface area (Å²) in [6.07, 6.45) is 1.15. The zero-order chi connectivity index (χ0) is 37.5. The number of aliphatic hydroxyl groups excluding tert-OH is 1. The Balaban J connectivity index is 1.25. The van der Waals surface area contributed by atoms with Crippen molar-refractivity contribution in [3.05, 3.63) is 119 Å². The summed E-state index contributed by atoms with van der Waals surface area (Å²) in [6.45, 7) is 7.41. The number of rotatable bonds is 10. The van der Waals surface area contributed by atoms with Crippen LogP contribution in [0.25, 0.3) is 0 Å². The number of hydrogen-bond donors (Lipinski definition) is 2. The third kappa shape index (κ3) is 6.67. The average molecular weight is 752 g/mol. The van der Waals surface area contributed by atoms with Crippen molar-refractivity contribution in [1.82, 2.24) is 4.90 Å². The van der Waals surface area contributed by atoms with Gasteiger partial charge in [-0.25, -0.2) is 0 Å². The number of aliphatic hydroxyl groups is 1. The van der Waals surface area contributed by atoms with Gasteiger partial charge in [-0.15, -0.1) is 0 Å². The van der Waals surface area contributed by atoms with E-state index in [1.165, 1.54) is 5.19 Å². The first-order valence-corrected chi connectivity index (χ1v) is 21.7. The summed E-state index contributed by atoms with van der Waals surface area (Å²) in [6, 6.07) is 29.9. The molecular formula is C42H46ClN3O6Si. The minimum atomic E-state index is -2.49. The average Bonchev–Trinajstić information content (AvgIpc) is 3.82. The number of benzene rings is 4. The molecule has 3 aliphatic heterocycles. The SMILES string of the molecule is COc1ccc([Si](C)(C)[C@H]2[C@H](CC(=O)N3CCC[C@H]3CO)O[C@@]3(C(=O)N(Cc4cccc(NC(=O)c5ccccc5)c4)c4ccc(Cl)cc43)[C@@H]2C)cc1. The van der Waals surface area contributed by atoms with E-state index in [0.29, 0.717) is 34.1 Å². The van der Waals surface area contributed by atoms with Crippen LogP contribution in [0.3, 0.4) is 0 Å². The Morgan fingerprint density at radius 2 is 1.77 bits per heavy atom. The van der Waals surface area contributed by atoms with Gasteiger partial charge in [-0.3, -0.25) is 14.4 Å². The first-order chi connectivity index (χ1) is 25.5. The first kappa shape index (κ1) is 36.9. The van der Waals surface area contributed by atoms with Crippen molar-refractivity contribution < 1.29 is 29.0 Å². The predicted molar refractivity (Wildman–Crippen MR) is 209 cm³/mol. The number of carbonyl (C=O) groups excluding carboxylic acids is 3. The number of halogens is 1. The van der Waals surface area contributed by atoms with Crippen LogP contribution in [0.15, 0.2) is 97.1 Å². The van der Waals surface area contributed by atoms with Gasteiger partial charge in [0.1, 0.15) is 5.75 Å². The van der Waals surface area contributed by atoms with E-state index in [1.807, 2.05) is 66.7 Å². The Labute approximate surface area is 316 Å². The Morgan fingerprint density at radius 3 is 2.49 bits per heavy atom. The molecule has 3 aliphatic rings. The fourth-order valence-corrected chi connectivity index (χ4v) is 13.2. The molecule has 3 heterocycles. The molecule has 0 bridgehead atoms. The van der Waals surface area contributed by atoms with E-state index in [4.69, 9.17) is 21.1 Å². The van der Waals surface area contributed by atoms with Crippen LogP contribution >= 0.6 is 11.6 Å². The number of carbonyl (C=O) groups is 3. The molecule has 2 N–H and O–H groups in total. The van der Waals surface area contributed by atoms with Crippen LogP contribution in [-0.2, 0) is 26.5 Å². The number of amides is 3. The summed E-state index contributed by atoms with van der Waals surface area (Å²) in [5.74, 6) is -0.0437. The molecule has 0 saturated carbocycles. The number of likely N-dealkylation sites (tertiary alicyclic amines) is 1. The third-order valence-electron chi connectivity index (χ3n) is 11.6. The van der Waals surface area contributed by atoms with Crippen LogP contribution in [0.4, 0.5) is 11.4 Å². The van der Waals surface area contributed by atoms with Gasteiger partial charge in [-0.05, 0) is 78.5 Å². The lowest BCUT2D eigenvalue weighted by molar-refractivity contribution is -0.150. The highest BCUT2D eigenvalue weighted by molar-refractivity contribution is 6.91. The molecule has 7 rings (SSSR count). The molecule has 0 radical (unpaired) electrons. The summed E-state index contributed by atoms with van der Waals surface area (Å²) >= 11 is 6.68. The quantitative estimate of drug-likeness (QED) is 0.174. The molecule has 0 unspecified atom stereocenters. The van der Waals surface area contributed by atoms with E-state index >= 15 is 4.79 Å². The van der Waals surface area contributed by atoms with Crippen molar-refractivity contribution >= 4 is 54.0 Å². The zero-order valence-corrected chi connectivity index (χ0v) is 32.3. The second kappa shape index (κ2) is 14.7. The smallest absolute Gasteiger partial charge is 0.264 e. The summed E-state index contributed by atoms with van der Waals surface area (Å²) in [7, 11) is -0.846. The predicted octanol–water partition coefficient (Wildman–Crippen LogP) is 6.74. The molecule has 4 aromatic carbocycles. The van der Waals surface area contributed by atoms with E-state index < -0.39 is 19.8 Å². The van der Waals surface area contributed by atoms with Crippen LogP contribution in [0.5, 0.6) is 5.75 Å². The number of ether oxygens (including phenoxy) is 2. The number of hydrogen-bond acceptors (Lipinski definition) is 6. The molecule has 3 amide bonds. The maximum absolute atomic E-state index is 15.2. The number of nitrogens with zero attached hydrogens (tertiary/aromatic N) is 2. The van der Waals surface area contributed by atoms with Gasteiger partial charge in [0.25, 0.3) is 11.8 Å². The highest BCUT2D eigenvalue weighted by atomic mass is 35.5. The van der Waals surface area contributed by atoms with Gasteiger partial charge < -0.3 is 29.7 Å². The Bertz CT molecular complexity index is 2010. The van der Waals surface area contributed by atoms with Crippen LogP contribution in [0.2, 0.25) is 23.7 Å². The minimum Gasteiger partial charge on any atom is -0.497 e. The molecule has 0 aromatic heterocycles. The van der Waals surface area contributed by atoms with Gasteiger partial charge in [-0.1, -0.05) is 79.3 Å². The second-order valence-electron chi connectivity index (χ2n) is 15.0. The van der Waals surface area contributed by atoms with Crippen LogP contribution in [0.1, 0.15) is 47.7 Å². The van der Waals surface area contributed by atoms with Gasteiger partial charge >= 0.3 is 0 Å². The van der Waals surface area contributed by atoms with E-state index in [-0.39, 0.29) is 54.8 Å². The fraction of sp³-hybridized carbons (Fsp3) is 0.357. The standard InChI is InChI=1S/C42H46ClN3O6Si/c1-27-39(53(3,4)34-18-16-33(51-2)17-19-34)37(24-38(48)45-21-9-14-32(45)26-47)52-42(27)35-23-30(43)15-20-36(35)46(41(42)50)25-28-10-8-13-31(22-28)44-40(49)29-11-6-5-7-12-29/h5-8,10-13,15-20,22-23,27,32,37,39,47H,9,14,21,24-26H2,1-4H3,(H,44,49)/t27-,32+,37+,39-,42+/m1/s1. The second-order valence-corrected chi connectivity index (χ2v) is 20.1. The first-order valence-electron chi connectivity index (χ1n) is 18.3. The highest BCUT2D eigenvalue weighted by Gasteiger charge is 2.66. The number of fused-ring (bicyclic) bond motifs is 2. The van der Waals surface area contributed by atoms with Crippen molar-refractivity contribution in [3.63, 3.8) is 0 Å². The van der Waals surface area contributed by atoms with Gasteiger partial charge in [0, 0.05) is 34.3 Å². The highest BCUT2D eigenvalue weighted by Crippen LogP contribution is 2.60. The maximum Gasteiger partial charge on any atom is 0.264 e. The molecule has 4 aromatic rings. The van der Waals surface area contributed by atoms with Crippen molar-refractivity contribution in [2.24, 2.45) is 5.92 Å². The molecule has 0 aliphatic carbocycles. The van der Waals surface area contributed by atoms with Crippen LogP contribution in [-0.4, -0.2) is 68.2 Å². The zero-order valence-electron chi connectivity index (χ0n) is 30.6. The molecule has 9 nitrogen and oxygen atoms in total. The topological polar surface area (TPSA) is 108 Å². The summed E-state index contributed by atoms with van der Waals surface area (Å²) in [4.78, 5) is 45.7. The van der Waals surface area contributed by atoms with Gasteiger partial charge in [0.2, 0.25) is 5.91 Å². The number of anilines is 2. The Morgan fingerprint density at radius 1 is 1.02 bits per heavy atom. The maximum atomic E-state index is 15.2. The van der Waals surface area contributed by atoms with Gasteiger partial charge in [0.15, 0.2) is 5.60 Å². The number of methoxy groups -OCH3 is 1. The molecule has 276 valence electrons. The molecule has 2 fully saturated rings. The van der Waals surface area contributed by atoms with E-state index in [9.17, 15) is 14.7 Å². The molecule has 5 atom stereocenters. The largest absolute Gasteiger partial charge is 0.497 e. The van der Waals surface area contributed by atoms with E-state index in [1.54, 1.807) is 35.1 Å². The lowest BCUT2D eigenvalue weighted by Gasteiger charge is -2.37.